The van der Waals surface area contributed by atoms with Crippen molar-refractivity contribution in [1.29, 1.82) is 0 Å². The van der Waals surface area contributed by atoms with Crippen LogP contribution in [0.5, 0.6) is 0 Å². The molecule has 74 valence electrons. The van der Waals surface area contributed by atoms with Crippen LogP contribution in [0, 0.1) is 5.21 Å². The molecule has 0 saturated heterocycles. The van der Waals surface area contributed by atoms with Gasteiger partial charge in [0.05, 0.1) is 12.4 Å². The standard InChI is InChI=1S/C12H10N2O/c15-14-9-8-13-10-12(14)7-6-11-4-2-1-3-5-11/h1-10H/b7-6+. The third-order valence-corrected chi connectivity index (χ3v) is 2.00. The molecule has 0 radical (unpaired) electrons. The average Bonchev–Trinajstić information content (AvgIpc) is 2.29. The van der Waals surface area contributed by atoms with E-state index in [1.54, 1.807) is 6.08 Å². The fraction of sp³-hybridized carbons (Fsp3) is 0. The molecule has 0 unspecified atom stereocenters. The second-order valence-electron chi connectivity index (χ2n) is 3.07. The summed E-state index contributed by atoms with van der Waals surface area (Å²) in [6.45, 7) is 0. The maximum absolute atomic E-state index is 11.3. The maximum Gasteiger partial charge on any atom is 0.234 e. The molecule has 0 aliphatic carbocycles. The first kappa shape index (κ1) is 9.40. The van der Waals surface area contributed by atoms with Crippen LogP contribution in [0.2, 0.25) is 0 Å². The number of aromatic nitrogens is 2. The fourth-order valence-electron chi connectivity index (χ4n) is 1.22. The molecule has 3 heteroatoms. The molecule has 0 spiro atoms. The topological polar surface area (TPSA) is 39.8 Å². The largest absolute Gasteiger partial charge is 0.618 e. The molecule has 15 heavy (non-hydrogen) atoms. The zero-order valence-corrected chi connectivity index (χ0v) is 8.08. The summed E-state index contributed by atoms with van der Waals surface area (Å²) in [6.07, 6.45) is 8.00. The van der Waals surface area contributed by atoms with Crippen molar-refractivity contribution < 1.29 is 4.73 Å². The van der Waals surface area contributed by atoms with E-state index in [0.29, 0.717) is 5.69 Å². The lowest BCUT2D eigenvalue weighted by atomic mass is 10.2. The summed E-state index contributed by atoms with van der Waals surface area (Å²) in [4.78, 5) is 3.89. The highest BCUT2D eigenvalue weighted by Gasteiger charge is 1.97. The van der Waals surface area contributed by atoms with Crippen LogP contribution in [0.1, 0.15) is 11.3 Å². The lowest BCUT2D eigenvalue weighted by molar-refractivity contribution is -0.608. The molecule has 3 nitrogen and oxygen atoms in total. The molecule has 2 rings (SSSR count). The minimum atomic E-state index is 0.529. The molecule has 0 fully saturated rings. The van der Waals surface area contributed by atoms with Gasteiger partial charge >= 0.3 is 0 Å². The maximum atomic E-state index is 11.3. The van der Waals surface area contributed by atoms with E-state index < -0.39 is 0 Å². The number of rotatable bonds is 2. The van der Waals surface area contributed by atoms with Gasteiger partial charge in [0.1, 0.15) is 0 Å². The normalized spacial score (nSPS) is 10.7. The molecule has 1 heterocycles. The van der Waals surface area contributed by atoms with Crippen LogP contribution in [-0.4, -0.2) is 4.98 Å². The quantitative estimate of drug-likeness (QED) is 0.546. The van der Waals surface area contributed by atoms with Crippen molar-refractivity contribution in [2.45, 2.75) is 0 Å². The van der Waals surface area contributed by atoms with Gasteiger partial charge in [-0.15, -0.1) is 0 Å². The van der Waals surface area contributed by atoms with Gasteiger partial charge in [-0.25, -0.2) is 0 Å². The highest BCUT2D eigenvalue weighted by Crippen LogP contribution is 2.03. The molecule has 0 saturated carbocycles. The van der Waals surface area contributed by atoms with E-state index in [-0.39, 0.29) is 0 Å². The number of hydrogen-bond donors (Lipinski definition) is 0. The van der Waals surface area contributed by atoms with E-state index in [2.05, 4.69) is 4.98 Å². The zero-order chi connectivity index (χ0) is 10.5. The number of nitrogens with zero attached hydrogens (tertiary/aromatic N) is 2. The third-order valence-electron chi connectivity index (χ3n) is 2.00. The monoisotopic (exact) mass is 198 g/mol. The predicted octanol–water partition coefficient (Wildman–Crippen LogP) is 1.89. The Morgan fingerprint density at radius 3 is 2.67 bits per heavy atom. The Bertz CT molecular complexity index is 466. The fourth-order valence-corrected chi connectivity index (χ4v) is 1.22. The molecule has 0 bridgehead atoms. The van der Waals surface area contributed by atoms with Crippen LogP contribution in [0.3, 0.4) is 0 Å². The Balaban J connectivity index is 2.23. The highest BCUT2D eigenvalue weighted by molar-refractivity contribution is 5.66. The van der Waals surface area contributed by atoms with Crippen molar-refractivity contribution >= 4 is 12.2 Å². The van der Waals surface area contributed by atoms with E-state index in [1.165, 1.54) is 18.6 Å². The van der Waals surface area contributed by atoms with Crippen LogP contribution in [0.4, 0.5) is 0 Å². The second-order valence-corrected chi connectivity index (χ2v) is 3.07. The third kappa shape index (κ3) is 2.40. The molecule has 1 aromatic carbocycles. The molecule has 0 N–H and O–H groups in total. The van der Waals surface area contributed by atoms with E-state index in [4.69, 9.17) is 0 Å². The Labute approximate surface area is 87.9 Å². The van der Waals surface area contributed by atoms with Gasteiger partial charge in [-0.05, 0) is 11.6 Å². The van der Waals surface area contributed by atoms with Crippen molar-refractivity contribution in [3.05, 3.63) is 65.4 Å². The van der Waals surface area contributed by atoms with Crippen molar-refractivity contribution in [3.8, 4) is 0 Å². The first-order chi connectivity index (χ1) is 7.36. The highest BCUT2D eigenvalue weighted by atomic mass is 16.5. The Morgan fingerprint density at radius 2 is 1.93 bits per heavy atom. The van der Waals surface area contributed by atoms with Crippen LogP contribution < -0.4 is 4.73 Å². The van der Waals surface area contributed by atoms with Crippen LogP contribution >= 0.6 is 0 Å². The second kappa shape index (κ2) is 4.37. The lowest BCUT2D eigenvalue weighted by Crippen LogP contribution is -2.29. The Kier molecular flexibility index (Phi) is 2.74. The van der Waals surface area contributed by atoms with Gasteiger partial charge in [-0.2, -0.15) is 4.73 Å². The van der Waals surface area contributed by atoms with E-state index in [0.717, 1.165) is 10.3 Å². The van der Waals surface area contributed by atoms with Crippen LogP contribution in [0.15, 0.2) is 48.9 Å². The Hall–Kier alpha value is -2.16. The lowest BCUT2D eigenvalue weighted by Gasteiger charge is -1.97. The minimum Gasteiger partial charge on any atom is -0.618 e. The van der Waals surface area contributed by atoms with Crippen LogP contribution in [0.25, 0.3) is 12.2 Å². The summed E-state index contributed by atoms with van der Waals surface area (Å²) in [6, 6.07) is 9.81. The first-order valence-electron chi connectivity index (χ1n) is 4.62. The van der Waals surface area contributed by atoms with Gasteiger partial charge in [-0.3, -0.25) is 4.98 Å². The molecule has 0 amide bonds. The van der Waals surface area contributed by atoms with Crippen molar-refractivity contribution in [2.75, 3.05) is 0 Å². The molecule has 1 aromatic heterocycles. The average molecular weight is 198 g/mol. The predicted molar refractivity (Wildman–Crippen MR) is 58.6 cm³/mol. The summed E-state index contributed by atoms with van der Waals surface area (Å²) in [5, 5.41) is 11.3. The molecular formula is C12H10N2O. The summed E-state index contributed by atoms with van der Waals surface area (Å²) < 4.78 is 0.784. The van der Waals surface area contributed by atoms with Gasteiger partial charge in [0.25, 0.3) is 0 Å². The Morgan fingerprint density at radius 1 is 1.13 bits per heavy atom. The summed E-state index contributed by atoms with van der Waals surface area (Å²) in [5.41, 5.74) is 1.59. The minimum absolute atomic E-state index is 0.529. The molecule has 0 aliphatic rings. The van der Waals surface area contributed by atoms with Gasteiger partial charge in [0, 0.05) is 6.08 Å². The number of benzene rings is 1. The molecule has 2 aromatic rings. The van der Waals surface area contributed by atoms with Crippen molar-refractivity contribution in [2.24, 2.45) is 0 Å². The van der Waals surface area contributed by atoms with Gasteiger partial charge in [0.2, 0.25) is 5.69 Å². The number of hydrogen-bond acceptors (Lipinski definition) is 2. The van der Waals surface area contributed by atoms with Gasteiger partial charge < -0.3 is 5.21 Å². The van der Waals surface area contributed by atoms with E-state index in [9.17, 15) is 5.21 Å². The summed E-state index contributed by atoms with van der Waals surface area (Å²) in [5.74, 6) is 0. The summed E-state index contributed by atoms with van der Waals surface area (Å²) >= 11 is 0. The summed E-state index contributed by atoms with van der Waals surface area (Å²) in [7, 11) is 0. The SMILES string of the molecule is [O-][n+]1ccncc1/C=C/c1ccccc1. The van der Waals surface area contributed by atoms with Crippen LogP contribution in [-0.2, 0) is 0 Å². The van der Waals surface area contributed by atoms with E-state index >= 15 is 0 Å². The molecular weight excluding hydrogens is 188 g/mol. The molecule has 0 atom stereocenters. The first-order valence-corrected chi connectivity index (χ1v) is 4.62. The van der Waals surface area contributed by atoms with Gasteiger partial charge in [-0.1, -0.05) is 30.3 Å². The van der Waals surface area contributed by atoms with Gasteiger partial charge in [0.15, 0.2) is 6.20 Å². The smallest absolute Gasteiger partial charge is 0.234 e. The zero-order valence-electron chi connectivity index (χ0n) is 8.08. The van der Waals surface area contributed by atoms with E-state index in [1.807, 2.05) is 36.4 Å². The molecule has 0 aliphatic heterocycles. The van der Waals surface area contributed by atoms with Crippen molar-refractivity contribution in [1.82, 2.24) is 4.98 Å². The van der Waals surface area contributed by atoms with Crippen molar-refractivity contribution in [3.63, 3.8) is 0 Å².